The lowest BCUT2D eigenvalue weighted by atomic mass is 10.1. The molecule has 0 saturated carbocycles. The summed E-state index contributed by atoms with van der Waals surface area (Å²) < 4.78 is 6.55. The molecule has 7 nitrogen and oxygen atoms in total. The molecule has 1 amide bonds. The van der Waals surface area contributed by atoms with E-state index in [0.717, 1.165) is 17.0 Å². The third-order valence-corrected chi connectivity index (χ3v) is 4.22. The van der Waals surface area contributed by atoms with E-state index in [0.29, 0.717) is 31.6 Å². The average molecular weight is 378 g/mol. The van der Waals surface area contributed by atoms with E-state index in [-0.39, 0.29) is 11.5 Å². The number of aromatic nitrogens is 3. The topological polar surface area (TPSA) is 86.1 Å². The summed E-state index contributed by atoms with van der Waals surface area (Å²) in [6, 6.07) is 16.2. The monoisotopic (exact) mass is 378 g/mol. The fraction of sp³-hybridized carbons (Fsp3) is 0.238. The Hall–Kier alpha value is -3.48. The fourth-order valence-electron chi connectivity index (χ4n) is 2.69. The van der Waals surface area contributed by atoms with Gasteiger partial charge in [0, 0.05) is 30.8 Å². The van der Waals surface area contributed by atoms with Crippen LogP contribution < -0.4 is 15.6 Å². The molecule has 0 atom stereocenters. The number of carbonyl (C=O) groups excluding carboxylic acids is 1. The number of nitrogens with zero attached hydrogens (tertiary/aromatic N) is 3. The van der Waals surface area contributed by atoms with Crippen LogP contribution in [0.3, 0.4) is 0 Å². The Kier molecular flexibility index (Phi) is 6.51. The van der Waals surface area contributed by atoms with Crippen molar-refractivity contribution in [2.45, 2.75) is 25.9 Å². The van der Waals surface area contributed by atoms with Gasteiger partial charge in [-0.3, -0.25) is 14.6 Å². The van der Waals surface area contributed by atoms with Gasteiger partial charge >= 0.3 is 0 Å². The number of ether oxygens (including phenoxy) is 1. The fourth-order valence-corrected chi connectivity index (χ4v) is 2.69. The summed E-state index contributed by atoms with van der Waals surface area (Å²) in [7, 11) is 1.61. The summed E-state index contributed by atoms with van der Waals surface area (Å²) in [5, 5.41) is 7.24. The zero-order chi connectivity index (χ0) is 19.8. The standard InChI is InChI=1S/C21H22N4O3/c1-28-18-9-7-16(8-10-18)19-11-12-21(27)25(24-19)14-4-6-20(26)23-15-17-5-2-3-13-22-17/h2-3,5,7-13H,4,6,14-15H2,1H3,(H,23,26). The largest absolute Gasteiger partial charge is 0.497 e. The van der Waals surface area contributed by atoms with Crippen molar-refractivity contribution >= 4 is 5.91 Å². The number of benzene rings is 1. The SMILES string of the molecule is COc1ccc(-c2ccc(=O)n(CCCC(=O)NCc3ccccn3)n2)cc1. The van der Waals surface area contributed by atoms with Gasteiger partial charge in [0.05, 0.1) is 25.0 Å². The van der Waals surface area contributed by atoms with Gasteiger partial charge in [0.2, 0.25) is 5.91 Å². The number of nitrogens with one attached hydrogen (secondary N) is 1. The Morgan fingerprint density at radius 1 is 1.11 bits per heavy atom. The number of hydrogen-bond acceptors (Lipinski definition) is 5. The van der Waals surface area contributed by atoms with E-state index >= 15 is 0 Å². The average Bonchev–Trinajstić information content (AvgIpc) is 2.74. The Balaban J connectivity index is 1.55. The van der Waals surface area contributed by atoms with Crippen LogP contribution in [0.15, 0.2) is 65.6 Å². The highest BCUT2D eigenvalue weighted by Crippen LogP contribution is 2.19. The van der Waals surface area contributed by atoms with Crippen LogP contribution in [-0.2, 0) is 17.9 Å². The van der Waals surface area contributed by atoms with Gasteiger partial charge in [0.15, 0.2) is 0 Å². The molecule has 0 spiro atoms. The van der Waals surface area contributed by atoms with Crippen LogP contribution in [0.25, 0.3) is 11.3 Å². The first kappa shape index (κ1) is 19.3. The van der Waals surface area contributed by atoms with Crippen molar-refractivity contribution in [3.05, 3.63) is 76.8 Å². The molecule has 28 heavy (non-hydrogen) atoms. The van der Waals surface area contributed by atoms with Gasteiger partial charge in [-0.05, 0) is 48.9 Å². The number of methoxy groups -OCH3 is 1. The molecule has 0 aliphatic heterocycles. The van der Waals surface area contributed by atoms with Crippen molar-refractivity contribution in [2.75, 3.05) is 7.11 Å². The molecule has 0 radical (unpaired) electrons. The first-order chi connectivity index (χ1) is 13.7. The lowest BCUT2D eigenvalue weighted by molar-refractivity contribution is -0.121. The Morgan fingerprint density at radius 2 is 1.93 bits per heavy atom. The van der Waals surface area contributed by atoms with E-state index in [2.05, 4.69) is 15.4 Å². The highest BCUT2D eigenvalue weighted by atomic mass is 16.5. The quantitative estimate of drug-likeness (QED) is 0.651. The summed E-state index contributed by atoms with van der Waals surface area (Å²) in [5.74, 6) is 0.679. The molecule has 1 aromatic carbocycles. The summed E-state index contributed by atoms with van der Waals surface area (Å²) in [6.07, 6.45) is 2.52. The highest BCUT2D eigenvalue weighted by molar-refractivity contribution is 5.75. The second-order valence-corrected chi connectivity index (χ2v) is 6.21. The first-order valence-electron chi connectivity index (χ1n) is 9.05. The minimum Gasteiger partial charge on any atom is -0.497 e. The van der Waals surface area contributed by atoms with E-state index < -0.39 is 0 Å². The smallest absolute Gasteiger partial charge is 0.266 e. The molecule has 2 heterocycles. The highest BCUT2D eigenvalue weighted by Gasteiger charge is 2.06. The maximum atomic E-state index is 12.1. The van der Waals surface area contributed by atoms with E-state index in [4.69, 9.17) is 4.74 Å². The molecular weight excluding hydrogens is 356 g/mol. The summed E-state index contributed by atoms with van der Waals surface area (Å²) in [5.41, 5.74) is 2.21. The van der Waals surface area contributed by atoms with Crippen molar-refractivity contribution in [1.82, 2.24) is 20.1 Å². The van der Waals surface area contributed by atoms with Crippen molar-refractivity contribution in [3.63, 3.8) is 0 Å². The zero-order valence-corrected chi connectivity index (χ0v) is 15.7. The Morgan fingerprint density at radius 3 is 2.64 bits per heavy atom. The summed E-state index contributed by atoms with van der Waals surface area (Å²) in [6.45, 7) is 0.769. The molecule has 1 N–H and O–H groups in total. The molecule has 0 saturated heterocycles. The second-order valence-electron chi connectivity index (χ2n) is 6.21. The molecule has 3 rings (SSSR count). The molecule has 0 fully saturated rings. The number of hydrogen-bond donors (Lipinski definition) is 1. The van der Waals surface area contributed by atoms with Crippen LogP contribution in [0.2, 0.25) is 0 Å². The van der Waals surface area contributed by atoms with Gasteiger partial charge in [-0.2, -0.15) is 5.10 Å². The third-order valence-electron chi connectivity index (χ3n) is 4.22. The van der Waals surface area contributed by atoms with Crippen LogP contribution in [-0.4, -0.2) is 27.8 Å². The normalized spacial score (nSPS) is 10.5. The molecule has 0 aliphatic carbocycles. The van der Waals surface area contributed by atoms with Gasteiger partial charge in [-0.25, -0.2) is 4.68 Å². The predicted octanol–water partition coefficient (Wildman–Crippen LogP) is 2.41. The maximum Gasteiger partial charge on any atom is 0.266 e. The van der Waals surface area contributed by atoms with E-state index in [1.807, 2.05) is 42.5 Å². The maximum absolute atomic E-state index is 12.1. The van der Waals surface area contributed by atoms with Crippen LogP contribution in [0.1, 0.15) is 18.5 Å². The van der Waals surface area contributed by atoms with Crippen molar-refractivity contribution in [2.24, 2.45) is 0 Å². The molecule has 0 unspecified atom stereocenters. The van der Waals surface area contributed by atoms with Crippen LogP contribution in [0.4, 0.5) is 0 Å². The minimum atomic E-state index is -0.189. The number of carbonyl (C=O) groups is 1. The van der Waals surface area contributed by atoms with E-state index in [1.165, 1.54) is 10.7 Å². The first-order valence-corrected chi connectivity index (χ1v) is 9.05. The second kappa shape index (κ2) is 9.45. The van der Waals surface area contributed by atoms with Crippen molar-refractivity contribution in [3.8, 4) is 17.0 Å². The predicted molar refractivity (Wildman–Crippen MR) is 106 cm³/mol. The van der Waals surface area contributed by atoms with Crippen LogP contribution >= 0.6 is 0 Å². The van der Waals surface area contributed by atoms with Crippen molar-refractivity contribution in [1.29, 1.82) is 0 Å². The lowest BCUT2D eigenvalue weighted by Gasteiger charge is -2.08. The molecule has 7 heteroatoms. The zero-order valence-electron chi connectivity index (χ0n) is 15.7. The number of aryl methyl sites for hydroxylation is 1. The van der Waals surface area contributed by atoms with Crippen LogP contribution in [0, 0.1) is 0 Å². The minimum absolute atomic E-state index is 0.0787. The summed E-state index contributed by atoms with van der Waals surface area (Å²) in [4.78, 5) is 28.2. The van der Waals surface area contributed by atoms with Gasteiger partial charge < -0.3 is 10.1 Å². The lowest BCUT2D eigenvalue weighted by Crippen LogP contribution is -2.25. The molecule has 2 aromatic heterocycles. The van der Waals surface area contributed by atoms with E-state index in [1.54, 1.807) is 19.4 Å². The third kappa shape index (κ3) is 5.26. The van der Waals surface area contributed by atoms with E-state index in [9.17, 15) is 9.59 Å². The van der Waals surface area contributed by atoms with Gasteiger partial charge in [-0.1, -0.05) is 6.07 Å². The Labute approximate surface area is 163 Å². The Bertz CT molecular complexity index is 969. The molecule has 3 aromatic rings. The molecule has 0 bridgehead atoms. The van der Waals surface area contributed by atoms with Gasteiger partial charge in [0.25, 0.3) is 5.56 Å². The number of rotatable bonds is 8. The van der Waals surface area contributed by atoms with Gasteiger partial charge in [0.1, 0.15) is 5.75 Å². The van der Waals surface area contributed by atoms with Gasteiger partial charge in [-0.15, -0.1) is 0 Å². The molecule has 0 aliphatic rings. The molecule has 144 valence electrons. The number of pyridine rings is 1. The van der Waals surface area contributed by atoms with Crippen LogP contribution in [0.5, 0.6) is 5.75 Å². The summed E-state index contributed by atoms with van der Waals surface area (Å²) >= 11 is 0. The molecular formula is C21H22N4O3. The number of amides is 1. The van der Waals surface area contributed by atoms with Crippen molar-refractivity contribution < 1.29 is 9.53 Å².